The van der Waals surface area contributed by atoms with Gasteiger partial charge in [0.2, 0.25) is 0 Å². The molecule has 0 spiro atoms. The Morgan fingerprint density at radius 1 is 0.806 bits per heavy atom. The van der Waals surface area contributed by atoms with Crippen LogP contribution in [0, 0.1) is 0 Å². The second kappa shape index (κ2) is 8.05. The van der Waals surface area contributed by atoms with E-state index in [1.54, 1.807) is 34.8 Å². The number of hydrogen-bond acceptors (Lipinski definition) is 3. The summed E-state index contributed by atoms with van der Waals surface area (Å²) < 4.78 is 1.70. The lowest BCUT2D eigenvalue weighted by Gasteiger charge is -2.08. The number of nitrogens with one attached hydrogen (secondary N) is 1. The molecular formula is C25H17ClN4O. The van der Waals surface area contributed by atoms with Crippen LogP contribution in [0.25, 0.3) is 28.2 Å². The fourth-order valence-electron chi connectivity index (χ4n) is 3.42. The van der Waals surface area contributed by atoms with E-state index in [0.717, 1.165) is 22.5 Å². The van der Waals surface area contributed by atoms with Crippen LogP contribution in [-0.2, 0) is 0 Å². The molecule has 0 saturated carbocycles. The van der Waals surface area contributed by atoms with E-state index in [-0.39, 0.29) is 11.6 Å². The van der Waals surface area contributed by atoms with Crippen LogP contribution in [0.4, 0.5) is 5.69 Å². The number of nitrogens with zero attached hydrogens (tertiary/aromatic N) is 3. The molecule has 0 radical (unpaired) electrons. The van der Waals surface area contributed by atoms with Crippen molar-refractivity contribution >= 4 is 28.8 Å². The SMILES string of the molecule is O=C(Nc1cccc(Cl)c1)c1cc2nc(-c3ccccc3)cc(-c3ccccc3)n2n1. The molecule has 0 saturated heterocycles. The third-order valence-corrected chi connectivity index (χ3v) is 5.12. The first-order valence-electron chi connectivity index (χ1n) is 9.76. The highest BCUT2D eigenvalue weighted by Crippen LogP contribution is 2.26. The van der Waals surface area contributed by atoms with Crippen LogP contribution in [0.3, 0.4) is 0 Å². The predicted octanol–water partition coefficient (Wildman–Crippen LogP) is 5.97. The zero-order chi connectivity index (χ0) is 21.2. The first kappa shape index (κ1) is 19.0. The Morgan fingerprint density at radius 3 is 2.23 bits per heavy atom. The Bertz CT molecular complexity index is 1380. The molecule has 1 N–H and O–H groups in total. The van der Waals surface area contributed by atoms with E-state index in [1.807, 2.05) is 66.7 Å². The van der Waals surface area contributed by atoms with Gasteiger partial charge >= 0.3 is 0 Å². The van der Waals surface area contributed by atoms with Gasteiger partial charge < -0.3 is 5.32 Å². The monoisotopic (exact) mass is 424 g/mol. The Balaban J connectivity index is 1.62. The minimum atomic E-state index is -0.326. The zero-order valence-corrected chi connectivity index (χ0v) is 17.1. The van der Waals surface area contributed by atoms with Crippen molar-refractivity contribution in [2.45, 2.75) is 0 Å². The van der Waals surface area contributed by atoms with E-state index in [9.17, 15) is 4.79 Å². The van der Waals surface area contributed by atoms with Crippen LogP contribution >= 0.6 is 11.6 Å². The number of carbonyl (C=O) groups excluding carboxylic acids is 1. The van der Waals surface area contributed by atoms with Crippen molar-refractivity contribution in [2.75, 3.05) is 5.32 Å². The molecule has 150 valence electrons. The summed E-state index contributed by atoms with van der Waals surface area (Å²) in [6.45, 7) is 0. The average Bonchev–Trinajstić information content (AvgIpc) is 3.24. The number of aromatic nitrogens is 3. The van der Waals surface area contributed by atoms with Gasteiger partial charge in [0.25, 0.3) is 5.91 Å². The molecule has 2 heterocycles. The smallest absolute Gasteiger partial charge is 0.276 e. The molecule has 0 aliphatic carbocycles. The highest BCUT2D eigenvalue weighted by atomic mass is 35.5. The van der Waals surface area contributed by atoms with Gasteiger partial charge in [-0.3, -0.25) is 4.79 Å². The minimum absolute atomic E-state index is 0.273. The summed E-state index contributed by atoms with van der Waals surface area (Å²) in [7, 11) is 0. The molecule has 1 amide bonds. The normalized spacial score (nSPS) is 10.9. The van der Waals surface area contributed by atoms with Gasteiger partial charge in [0.15, 0.2) is 11.3 Å². The molecular weight excluding hydrogens is 408 g/mol. The molecule has 0 aliphatic rings. The lowest BCUT2D eigenvalue weighted by molar-refractivity contribution is 0.102. The number of hydrogen-bond donors (Lipinski definition) is 1. The van der Waals surface area contributed by atoms with Crippen LogP contribution in [0.5, 0.6) is 0 Å². The molecule has 0 fully saturated rings. The fraction of sp³-hybridized carbons (Fsp3) is 0. The maximum absolute atomic E-state index is 12.8. The molecule has 3 aromatic carbocycles. The predicted molar refractivity (Wildman–Crippen MR) is 123 cm³/mol. The molecule has 5 aromatic rings. The first-order chi connectivity index (χ1) is 15.2. The molecule has 6 heteroatoms. The summed E-state index contributed by atoms with van der Waals surface area (Å²) in [4.78, 5) is 17.6. The van der Waals surface area contributed by atoms with Crippen LogP contribution in [0.2, 0.25) is 5.02 Å². The largest absolute Gasteiger partial charge is 0.321 e. The third-order valence-electron chi connectivity index (χ3n) is 4.88. The topological polar surface area (TPSA) is 59.3 Å². The molecule has 0 unspecified atom stereocenters. The molecule has 5 rings (SSSR count). The van der Waals surface area contributed by atoms with E-state index in [2.05, 4.69) is 10.4 Å². The van der Waals surface area contributed by atoms with Crippen LogP contribution in [0.1, 0.15) is 10.5 Å². The molecule has 2 aromatic heterocycles. The second-order valence-electron chi connectivity index (χ2n) is 7.02. The van der Waals surface area contributed by atoms with E-state index in [4.69, 9.17) is 16.6 Å². The van der Waals surface area contributed by atoms with Crippen molar-refractivity contribution in [2.24, 2.45) is 0 Å². The van der Waals surface area contributed by atoms with E-state index in [0.29, 0.717) is 16.4 Å². The summed E-state index contributed by atoms with van der Waals surface area (Å²) in [5, 5.41) is 7.94. The summed E-state index contributed by atoms with van der Waals surface area (Å²) >= 11 is 6.02. The third kappa shape index (κ3) is 3.91. The van der Waals surface area contributed by atoms with Crippen molar-refractivity contribution in [1.29, 1.82) is 0 Å². The van der Waals surface area contributed by atoms with Crippen LogP contribution in [0.15, 0.2) is 97.1 Å². The van der Waals surface area contributed by atoms with Gasteiger partial charge in [-0.15, -0.1) is 0 Å². The van der Waals surface area contributed by atoms with E-state index >= 15 is 0 Å². The van der Waals surface area contributed by atoms with Crippen LogP contribution in [-0.4, -0.2) is 20.5 Å². The summed E-state index contributed by atoms with van der Waals surface area (Å²) in [5.41, 5.74) is 5.12. The fourth-order valence-corrected chi connectivity index (χ4v) is 3.61. The van der Waals surface area contributed by atoms with Crippen molar-refractivity contribution in [1.82, 2.24) is 14.6 Å². The van der Waals surface area contributed by atoms with Gasteiger partial charge in [-0.2, -0.15) is 5.10 Å². The van der Waals surface area contributed by atoms with Gasteiger partial charge in [0, 0.05) is 27.9 Å². The Morgan fingerprint density at radius 2 is 1.52 bits per heavy atom. The average molecular weight is 425 g/mol. The summed E-state index contributed by atoms with van der Waals surface area (Å²) in [5.74, 6) is -0.326. The molecule has 0 atom stereocenters. The minimum Gasteiger partial charge on any atom is -0.321 e. The highest BCUT2D eigenvalue weighted by molar-refractivity contribution is 6.30. The van der Waals surface area contributed by atoms with Crippen molar-refractivity contribution < 1.29 is 4.79 Å². The second-order valence-corrected chi connectivity index (χ2v) is 7.46. The quantitative estimate of drug-likeness (QED) is 0.386. The number of fused-ring (bicyclic) bond motifs is 1. The number of amides is 1. The van der Waals surface area contributed by atoms with Crippen molar-refractivity contribution in [3.63, 3.8) is 0 Å². The van der Waals surface area contributed by atoms with Crippen molar-refractivity contribution in [3.8, 4) is 22.5 Å². The number of benzene rings is 3. The summed E-state index contributed by atoms with van der Waals surface area (Å²) in [6, 6.07) is 30.6. The van der Waals surface area contributed by atoms with Crippen molar-refractivity contribution in [3.05, 3.63) is 108 Å². The maximum atomic E-state index is 12.8. The number of rotatable bonds is 4. The van der Waals surface area contributed by atoms with Gasteiger partial charge in [0.1, 0.15) is 0 Å². The number of carbonyl (C=O) groups is 1. The lowest BCUT2D eigenvalue weighted by atomic mass is 10.1. The van der Waals surface area contributed by atoms with E-state index in [1.165, 1.54) is 0 Å². The maximum Gasteiger partial charge on any atom is 0.276 e. The standard InChI is InChI=1S/C25H17ClN4O/c26-19-12-7-13-20(14-19)27-25(31)22-16-24-28-21(17-8-3-1-4-9-17)15-23(30(24)29-22)18-10-5-2-6-11-18/h1-16H,(H,27,31). The summed E-state index contributed by atoms with van der Waals surface area (Å²) in [6.07, 6.45) is 0. The Hall–Kier alpha value is -3.96. The molecule has 0 aliphatic heterocycles. The number of halogens is 1. The van der Waals surface area contributed by atoms with E-state index < -0.39 is 0 Å². The van der Waals surface area contributed by atoms with Gasteiger partial charge in [-0.1, -0.05) is 78.3 Å². The van der Waals surface area contributed by atoms with Gasteiger partial charge in [-0.05, 0) is 24.3 Å². The molecule has 31 heavy (non-hydrogen) atoms. The molecule has 0 bridgehead atoms. The molecule has 5 nitrogen and oxygen atoms in total. The van der Waals surface area contributed by atoms with Crippen LogP contribution < -0.4 is 5.32 Å². The Labute approximate surface area is 184 Å². The zero-order valence-electron chi connectivity index (χ0n) is 16.4. The Kier molecular flexibility index (Phi) is 4.94. The highest BCUT2D eigenvalue weighted by Gasteiger charge is 2.16. The first-order valence-corrected chi connectivity index (χ1v) is 10.1. The van der Waals surface area contributed by atoms with Gasteiger partial charge in [0.05, 0.1) is 11.4 Å². The lowest BCUT2D eigenvalue weighted by Crippen LogP contribution is -2.12. The van der Waals surface area contributed by atoms with Gasteiger partial charge in [-0.25, -0.2) is 9.50 Å². The number of anilines is 1.